The topological polar surface area (TPSA) is 103 Å². The molecule has 0 saturated carbocycles. The summed E-state index contributed by atoms with van der Waals surface area (Å²) in [4.78, 5) is 19.6. The van der Waals surface area contributed by atoms with Crippen molar-refractivity contribution in [3.63, 3.8) is 0 Å². The highest BCUT2D eigenvalue weighted by atomic mass is 32.2. The molecular weight excluding hydrogens is 402 g/mol. The van der Waals surface area contributed by atoms with Gasteiger partial charge in [0.25, 0.3) is 0 Å². The molecule has 0 bridgehead atoms. The number of carboxylic acid groups (broad SMARTS) is 1. The zero-order valence-corrected chi connectivity index (χ0v) is 17.6. The number of aromatic amines is 1. The highest BCUT2D eigenvalue weighted by Gasteiger charge is 2.36. The Bertz CT molecular complexity index is 1160. The van der Waals surface area contributed by atoms with Crippen LogP contribution in [0.5, 0.6) is 0 Å². The number of carbonyl (C=O) groups is 1. The van der Waals surface area contributed by atoms with Crippen LogP contribution < -0.4 is 0 Å². The summed E-state index contributed by atoms with van der Waals surface area (Å²) in [5.41, 5.74) is 2.92. The summed E-state index contributed by atoms with van der Waals surface area (Å²) in [6, 6.07) is 14.3. The minimum atomic E-state index is -3.61. The van der Waals surface area contributed by atoms with E-state index >= 15 is 0 Å². The summed E-state index contributed by atoms with van der Waals surface area (Å²) in [6.45, 7) is 2.62. The SMILES string of the molecule is Cc1ccc2nc(C[C@H]3CN(S(=O)(=O)c4ccccc4)CC[C@H]3CC(=O)O)[nH]c2c1. The van der Waals surface area contributed by atoms with Gasteiger partial charge in [0.1, 0.15) is 5.82 Å². The second kappa shape index (κ2) is 8.20. The molecule has 158 valence electrons. The number of benzene rings is 2. The fourth-order valence-electron chi connectivity index (χ4n) is 4.25. The monoisotopic (exact) mass is 427 g/mol. The number of rotatable bonds is 6. The van der Waals surface area contributed by atoms with E-state index in [1.807, 2.05) is 25.1 Å². The van der Waals surface area contributed by atoms with Crippen molar-refractivity contribution in [1.29, 1.82) is 0 Å². The molecule has 1 fully saturated rings. The molecule has 1 aromatic heterocycles. The number of sulfonamides is 1. The number of nitrogens with zero attached hydrogens (tertiary/aromatic N) is 2. The highest BCUT2D eigenvalue weighted by Crippen LogP contribution is 2.32. The molecule has 2 aromatic carbocycles. The Labute approximate surface area is 175 Å². The summed E-state index contributed by atoms with van der Waals surface area (Å²) in [5, 5.41) is 9.34. The fraction of sp³-hybridized carbons (Fsp3) is 0.364. The summed E-state index contributed by atoms with van der Waals surface area (Å²) < 4.78 is 27.6. The first-order valence-corrected chi connectivity index (χ1v) is 11.5. The maximum atomic E-state index is 13.1. The van der Waals surface area contributed by atoms with Gasteiger partial charge in [0.15, 0.2) is 0 Å². The Kier molecular flexibility index (Phi) is 5.62. The van der Waals surface area contributed by atoms with E-state index in [-0.39, 0.29) is 29.7 Å². The third-order valence-corrected chi connectivity index (χ3v) is 7.69. The standard InChI is InChI=1S/C22H25N3O4S/c1-15-7-8-19-20(11-15)24-21(23-19)12-17-14-25(10-9-16(17)13-22(26)27)30(28,29)18-5-3-2-4-6-18/h2-8,11,16-17H,9-10,12-14H2,1H3,(H,23,24)(H,26,27)/t16-,17-/m0/s1. The minimum Gasteiger partial charge on any atom is -0.481 e. The van der Waals surface area contributed by atoms with Crippen molar-refractivity contribution < 1.29 is 18.3 Å². The molecule has 2 N–H and O–H groups in total. The molecule has 4 rings (SSSR count). The highest BCUT2D eigenvalue weighted by molar-refractivity contribution is 7.89. The molecule has 1 aliphatic heterocycles. The average Bonchev–Trinajstić information content (AvgIpc) is 3.11. The molecule has 0 spiro atoms. The number of nitrogens with one attached hydrogen (secondary N) is 1. The quantitative estimate of drug-likeness (QED) is 0.629. The van der Waals surface area contributed by atoms with Crippen LogP contribution in [-0.2, 0) is 21.2 Å². The van der Waals surface area contributed by atoms with E-state index in [2.05, 4.69) is 9.97 Å². The van der Waals surface area contributed by atoms with Gasteiger partial charge in [0, 0.05) is 25.9 Å². The Balaban J connectivity index is 1.60. The van der Waals surface area contributed by atoms with Gasteiger partial charge >= 0.3 is 5.97 Å². The van der Waals surface area contributed by atoms with Crippen molar-refractivity contribution in [1.82, 2.24) is 14.3 Å². The minimum absolute atomic E-state index is 0.0310. The van der Waals surface area contributed by atoms with Crippen LogP contribution in [0, 0.1) is 18.8 Å². The van der Waals surface area contributed by atoms with Gasteiger partial charge in [-0.2, -0.15) is 4.31 Å². The fourth-order valence-corrected chi connectivity index (χ4v) is 5.79. The summed E-state index contributed by atoms with van der Waals surface area (Å²) in [7, 11) is -3.61. The first-order chi connectivity index (χ1) is 14.3. The Morgan fingerprint density at radius 3 is 2.70 bits per heavy atom. The maximum absolute atomic E-state index is 13.1. The number of aryl methyl sites for hydroxylation is 1. The Morgan fingerprint density at radius 2 is 1.97 bits per heavy atom. The third-order valence-electron chi connectivity index (χ3n) is 5.81. The van der Waals surface area contributed by atoms with Crippen LogP contribution in [0.25, 0.3) is 11.0 Å². The van der Waals surface area contributed by atoms with Crippen molar-refractivity contribution in [2.45, 2.75) is 31.1 Å². The zero-order chi connectivity index (χ0) is 21.3. The van der Waals surface area contributed by atoms with Gasteiger partial charge in [-0.1, -0.05) is 24.3 Å². The molecule has 1 saturated heterocycles. The molecule has 30 heavy (non-hydrogen) atoms. The van der Waals surface area contributed by atoms with Crippen LogP contribution >= 0.6 is 0 Å². The van der Waals surface area contributed by atoms with Gasteiger partial charge < -0.3 is 10.1 Å². The van der Waals surface area contributed by atoms with Crippen molar-refractivity contribution in [3.8, 4) is 0 Å². The lowest BCUT2D eigenvalue weighted by atomic mass is 9.82. The molecular formula is C22H25N3O4S. The smallest absolute Gasteiger partial charge is 0.303 e. The number of carboxylic acids is 1. The molecule has 1 aliphatic rings. The predicted octanol–water partition coefficient (Wildman–Crippen LogP) is 3.22. The molecule has 8 heteroatoms. The third kappa shape index (κ3) is 4.24. The van der Waals surface area contributed by atoms with Gasteiger partial charge in [0.2, 0.25) is 10.0 Å². The molecule has 7 nitrogen and oxygen atoms in total. The van der Waals surface area contributed by atoms with E-state index in [0.29, 0.717) is 19.4 Å². The van der Waals surface area contributed by atoms with Gasteiger partial charge in [-0.25, -0.2) is 13.4 Å². The molecule has 0 unspecified atom stereocenters. The molecule has 0 aliphatic carbocycles. The first-order valence-electron chi connectivity index (χ1n) is 10.0. The lowest BCUT2D eigenvalue weighted by molar-refractivity contribution is -0.138. The summed E-state index contributed by atoms with van der Waals surface area (Å²) >= 11 is 0. The van der Waals surface area contributed by atoms with Crippen LogP contribution in [-0.4, -0.2) is 46.9 Å². The van der Waals surface area contributed by atoms with Gasteiger partial charge in [0.05, 0.1) is 15.9 Å². The van der Waals surface area contributed by atoms with E-state index in [0.717, 1.165) is 22.4 Å². The normalized spacial score (nSPS) is 20.4. The van der Waals surface area contributed by atoms with Gasteiger partial charge in [-0.3, -0.25) is 4.79 Å². The maximum Gasteiger partial charge on any atom is 0.303 e. The van der Waals surface area contributed by atoms with E-state index in [4.69, 9.17) is 0 Å². The van der Waals surface area contributed by atoms with E-state index in [9.17, 15) is 18.3 Å². The first kappa shape index (κ1) is 20.6. The number of hydrogen-bond donors (Lipinski definition) is 2. The average molecular weight is 428 g/mol. The number of H-pyrrole nitrogens is 1. The Morgan fingerprint density at radius 1 is 1.20 bits per heavy atom. The summed E-state index contributed by atoms with van der Waals surface area (Å²) in [6.07, 6.45) is 1.05. The molecule has 0 amide bonds. The zero-order valence-electron chi connectivity index (χ0n) is 16.8. The number of piperidine rings is 1. The van der Waals surface area contributed by atoms with E-state index < -0.39 is 16.0 Å². The number of aliphatic carboxylic acids is 1. The molecule has 2 heterocycles. The number of aromatic nitrogens is 2. The molecule has 3 aromatic rings. The number of imidazole rings is 1. The van der Waals surface area contributed by atoms with Gasteiger partial charge in [-0.15, -0.1) is 0 Å². The van der Waals surface area contributed by atoms with Gasteiger partial charge in [-0.05, 0) is 55.0 Å². The van der Waals surface area contributed by atoms with Crippen molar-refractivity contribution >= 4 is 27.0 Å². The second-order valence-electron chi connectivity index (χ2n) is 7.99. The van der Waals surface area contributed by atoms with Crippen LogP contribution in [0.2, 0.25) is 0 Å². The van der Waals surface area contributed by atoms with Crippen LogP contribution in [0.15, 0.2) is 53.4 Å². The molecule has 0 radical (unpaired) electrons. The van der Waals surface area contributed by atoms with Crippen LogP contribution in [0.1, 0.15) is 24.2 Å². The number of hydrogen-bond acceptors (Lipinski definition) is 4. The van der Waals surface area contributed by atoms with Crippen LogP contribution in [0.4, 0.5) is 0 Å². The molecule has 2 atom stereocenters. The second-order valence-corrected chi connectivity index (χ2v) is 9.93. The Hall–Kier alpha value is -2.71. The van der Waals surface area contributed by atoms with Crippen molar-refractivity contribution in [2.75, 3.05) is 13.1 Å². The van der Waals surface area contributed by atoms with Crippen LogP contribution in [0.3, 0.4) is 0 Å². The largest absolute Gasteiger partial charge is 0.481 e. The van der Waals surface area contributed by atoms with E-state index in [1.165, 1.54) is 4.31 Å². The van der Waals surface area contributed by atoms with E-state index in [1.54, 1.807) is 30.3 Å². The van der Waals surface area contributed by atoms with Crippen molar-refractivity contribution in [2.24, 2.45) is 11.8 Å². The predicted molar refractivity (Wildman–Crippen MR) is 114 cm³/mol. The van der Waals surface area contributed by atoms with Crippen molar-refractivity contribution in [3.05, 3.63) is 59.9 Å². The number of fused-ring (bicyclic) bond motifs is 1. The lowest BCUT2D eigenvalue weighted by Gasteiger charge is -2.37. The lowest BCUT2D eigenvalue weighted by Crippen LogP contribution is -2.45. The summed E-state index contributed by atoms with van der Waals surface area (Å²) in [5.74, 6) is -0.325.